The average molecular weight is 437 g/mol. The number of nitrogens with zero attached hydrogens (tertiary/aromatic N) is 1. The number of ether oxygens (including phenoxy) is 1. The number of amides is 1. The second kappa shape index (κ2) is 8.45. The molecule has 1 amide bonds. The Balaban J connectivity index is 2.92. The Morgan fingerprint density at radius 2 is 1.57 bits per heavy atom. The molecule has 0 aliphatic heterocycles. The minimum absolute atomic E-state index is 0.447. The summed E-state index contributed by atoms with van der Waals surface area (Å²) in [6.07, 6.45) is 0.0489. The summed E-state index contributed by atoms with van der Waals surface area (Å²) in [4.78, 5) is 30.2. The van der Waals surface area contributed by atoms with Crippen LogP contribution < -0.4 is 4.89 Å². The summed E-state index contributed by atoms with van der Waals surface area (Å²) < 4.78 is 53.4. The molecule has 12 heteroatoms. The zero-order chi connectivity index (χ0) is 21.9. The van der Waals surface area contributed by atoms with Crippen molar-refractivity contribution >= 4 is 31.9 Å². The van der Waals surface area contributed by atoms with Gasteiger partial charge in [-0.25, -0.2) is 26.4 Å². The number of carbonyl (C=O) groups is 2. The van der Waals surface area contributed by atoms with Gasteiger partial charge in [0.05, 0.1) is 4.90 Å². The molecule has 1 N–H and O–H groups in total. The minimum atomic E-state index is -4.48. The number of hydrogen-bond donors (Lipinski definition) is 1. The monoisotopic (exact) mass is 436 g/mol. The molecule has 0 heterocycles. The van der Waals surface area contributed by atoms with Gasteiger partial charge in [-0.05, 0) is 44.7 Å². The van der Waals surface area contributed by atoms with Gasteiger partial charge in [-0.3, -0.25) is 4.90 Å². The van der Waals surface area contributed by atoms with Crippen LogP contribution >= 0.6 is 0 Å². The fourth-order valence-electron chi connectivity index (χ4n) is 1.85. The number of benzene rings is 1. The molecule has 1 aromatic rings. The Kier molecular flexibility index (Phi) is 7.20. The number of likely N-dealkylation sites (N-methyl/N-ethyl adjacent to an activating group) is 1. The molecule has 0 bridgehead atoms. The molecule has 158 valence electrons. The first-order chi connectivity index (χ1) is 12.6. The molecule has 0 aromatic heterocycles. The summed E-state index contributed by atoms with van der Waals surface area (Å²) in [7, 11) is -7.04. The quantitative estimate of drug-likeness (QED) is 0.654. The van der Waals surface area contributed by atoms with Crippen molar-refractivity contribution in [1.82, 2.24) is 9.79 Å². The van der Waals surface area contributed by atoms with Gasteiger partial charge < -0.3 is 9.57 Å². The van der Waals surface area contributed by atoms with Gasteiger partial charge in [0.15, 0.2) is 9.84 Å². The fourth-order valence-corrected chi connectivity index (χ4v) is 4.27. The first-order valence-electron chi connectivity index (χ1n) is 8.03. The summed E-state index contributed by atoms with van der Waals surface area (Å²) >= 11 is 0. The molecule has 1 aromatic carbocycles. The molecule has 0 spiro atoms. The van der Waals surface area contributed by atoms with E-state index in [1.165, 1.54) is 26.1 Å². The van der Waals surface area contributed by atoms with E-state index in [4.69, 9.17) is 4.74 Å². The highest BCUT2D eigenvalue weighted by molar-refractivity contribution is 7.93. The standard InChI is InChI=1S/C16H24N2O8S2/c1-11(18(5)15(20)25-16(2,3)4)14(19)26-17-28(23,24)13-10-8-7-9-12(13)27(6,21)22/h7-11,17H,1-6H3/t11-/m1/s1. The second-order valence-electron chi connectivity index (χ2n) is 6.99. The van der Waals surface area contributed by atoms with Crippen LogP contribution in [0.2, 0.25) is 0 Å². The van der Waals surface area contributed by atoms with Gasteiger partial charge in [0.25, 0.3) is 10.0 Å². The number of rotatable bonds is 6. The zero-order valence-corrected chi connectivity index (χ0v) is 18.0. The summed E-state index contributed by atoms with van der Waals surface area (Å²) in [6.45, 7) is 6.25. The fraction of sp³-hybridized carbons (Fsp3) is 0.500. The van der Waals surface area contributed by atoms with Crippen LogP contribution in [-0.4, -0.2) is 58.7 Å². The van der Waals surface area contributed by atoms with Crippen molar-refractivity contribution in [3.63, 3.8) is 0 Å². The van der Waals surface area contributed by atoms with E-state index >= 15 is 0 Å². The van der Waals surface area contributed by atoms with Crippen LogP contribution in [0, 0.1) is 0 Å². The summed E-state index contributed by atoms with van der Waals surface area (Å²) in [5.41, 5.74) is -0.786. The van der Waals surface area contributed by atoms with Crippen molar-refractivity contribution in [1.29, 1.82) is 0 Å². The lowest BCUT2D eigenvalue weighted by Gasteiger charge is -2.27. The van der Waals surface area contributed by atoms with Crippen molar-refractivity contribution in [3.05, 3.63) is 24.3 Å². The van der Waals surface area contributed by atoms with E-state index in [-0.39, 0.29) is 0 Å². The van der Waals surface area contributed by atoms with Crippen molar-refractivity contribution < 1.29 is 36.0 Å². The first kappa shape index (κ1) is 23.9. The molecule has 0 radical (unpaired) electrons. The molecule has 0 aliphatic carbocycles. The second-order valence-corrected chi connectivity index (χ2v) is 10.6. The maximum Gasteiger partial charge on any atom is 0.410 e. The van der Waals surface area contributed by atoms with Crippen LogP contribution in [0.3, 0.4) is 0 Å². The predicted octanol–water partition coefficient (Wildman–Crippen LogP) is 1.08. The van der Waals surface area contributed by atoms with Crippen LogP contribution in [0.4, 0.5) is 4.79 Å². The molecule has 0 saturated carbocycles. The number of sulfone groups is 1. The van der Waals surface area contributed by atoms with E-state index in [0.29, 0.717) is 0 Å². The molecular formula is C16H24N2O8S2. The predicted molar refractivity (Wildman–Crippen MR) is 99.4 cm³/mol. The summed E-state index contributed by atoms with van der Waals surface area (Å²) in [6, 6.07) is 3.68. The third kappa shape index (κ3) is 6.46. The average Bonchev–Trinajstić information content (AvgIpc) is 2.56. The number of sulfonamides is 1. The molecular weight excluding hydrogens is 412 g/mol. The highest BCUT2D eigenvalue weighted by Crippen LogP contribution is 2.20. The van der Waals surface area contributed by atoms with Gasteiger partial charge in [-0.2, -0.15) is 0 Å². The number of hydrogen-bond acceptors (Lipinski definition) is 8. The van der Waals surface area contributed by atoms with Gasteiger partial charge >= 0.3 is 12.1 Å². The van der Waals surface area contributed by atoms with Crippen LogP contribution in [-0.2, 0) is 34.2 Å². The first-order valence-corrected chi connectivity index (χ1v) is 11.4. The van der Waals surface area contributed by atoms with Crippen LogP contribution in [0.5, 0.6) is 0 Å². The zero-order valence-electron chi connectivity index (χ0n) is 16.4. The van der Waals surface area contributed by atoms with Crippen LogP contribution in [0.15, 0.2) is 34.1 Å². The molecule has 10 nitrogen and oxygen atoms in total. The Morgan fingerprint density at radius 3 is 2.04 bits per heavy atom. The van der Waals surface area contributed by atoms with Gasteiger partial charge in [0, 0.05) is 13.3 Å². The smallest absolute Gasteiger partial charge is 0.410 e. The maximum absolute atomic E-state index is 12.4. The minimum Gasteiger partial charge on any atom is -0.444 e. The third-order valence-electron chi connectivity index (χ3n) is 3.39. The normalized spacial score (nSPS) is 13.5. The Hall–Kier alpha value is -2.18. The number of carbonyl (C=O) groups excluding carboxylic acids is 2. The summed E-state index contributed by atoms with van der Waals surface area (Å²) in [5.74, 6) is -1.09. The Labute approximate surface area is 164 Å². The highest BCUT2D eigenvalue weighted by atomic mass is 32.2. The third-order valence-corrected chi connectivity index (χ3v) is 5.92. The lowest BCUT2D eigenvalue weighted by atomic mass is 10.2. The lowest BCUT2D eigenvalue weighted by Crippen LogP contribution is -2.45. The van der Waals surface area contributed by atoms with E-state index < -0.39 is 53.4 Å². The Morgan fingerprint density at radius 1 is 1.07 bits per heavy atom. The van der Waals surface area contributed by atoms with E-state index in [1.54, 1.807) is 25.7 Å². The molecule has 0 aliphatic rings. The molecule has 0 unspecified atom stereocenters. The lowest BCUT2D eigenvalue weighted by molar-refractivity contribution is -0.152. The Bertz CT molecular complexity index is 949. The number of nitrogens with one attached hydrogen (secondary N) is 1. The van der Waals surface area contributed by atoms with Gasteiger partial charge in [0.1, 0.15) is 16.5 Å². The van der Waals surface area contributed by atoms with E-state index in [0.717, 1.165) is 23.3 Å². The van der Waals surface area contributed by atoms with Crippen molar-refractivity contribution in [3.8, 4) is 0 Å². The topological polar surface area (TPSA) is 136 Å². The van der Waals surface area contributed by atoms with E-state index in [1.807, 2.05) is 0 Å². The van der Waals surface area contributed by atoms with Gasteiger partial charge in [-0.1, -0.05) is 12.1 Å². The molecule has 0 fully saturated rings. The SMILES string of the molecule is C[C@H](C(=O)ONS(=O)(=O)c1ccccc1S(C)(=O)=O)N(C)C(=O)OC(C)(C)C. The van der Waals surface area contributed by atoms with Gasteiger partial charge in [0.2, 0.25) is 0 Å². The van der Waals surface area contributed by atoms with Crippen molar-refractivity contribution in [2.24, 2.45) is 0 Å². The van der Waals surface area contributed by atoms with E-state index in [2.05, 4.69) is 4.84 Å². The van der Waals surface area contributed by atoms with Crippen molar-refractivity contribution in [2.75, 3.05) is 13.3 Å². The molecule has 0 saturated heterocycles. The van der Waals surface area contributed by atoms with E-state index in [9.17, 15) is 26.4 Å². The van der Waals surface area contributed by atoms with Crippen LogP contribution in [0.1, 0.15) is 27.7 Å². The molecule has 28 heavy (non-hydrogen) atoms. The van der Waals surface area contributed by atoms with Crippen LogP contribution in [0.25, 0.3) is 0 Å². The molecule has 1 atom stereocenters. The largest absolute Gasteiger partial charge is 0.444 e. The highest BCUT2D eigenvalue weighted by Gasteiger charge is 2.30. The van der Waals surface area contributed by atoms with Crippen molar-refractivity contribution in [2.45, 2.75) is 49.1 Å². The maximum atomic E-state index is 12.4. The summed E-state index contributed by atoms with van der Waals surface area (Å²) in [5, 5.41) is 0. The van der Waals surface area contributed by atoms with Gasteiger partial charge in [-0.15, -0.1) is 0 Å². The molecule has 1 rings (SSSR count).